The van der Waals surface area contributed by atoms with Crippen LogP contribution in [-0.4, -0.2) is 61.5 Å². The number of benzene rings is 2. The van der Waals surface area contributed by atoms with Gasteiger partial charge >= 0.3 is 0 Å². The van der Waals surface area contributed by atoms with Crippen LogP contribution in [0.4, 0.5) is 0 Å². The van der Waals surface area contributed by atoms with Gasteiger partial charge in [-0.05, 0) is 76.2 Å². The van der Waals surface area contributed by atoms with E-state index >= 15 is 0 Å². The van der Waals surface area contributed by atoms with Gasteiger partial charge in [0.15, 0.2) is 0 Å². The van der Waals surface area contributed by atoms with Crippen LogP contribution in [0, 0.1) is 13.8 Å². The number of hydrogen-bond donors (Lipinski definition) is 2. The monoisotopic (exact) mass is 704 g/mol. The molecule has 6 aromatic rings. The van der Waals surface area contributed by atoms with Crippen LogP contribution < -0.4 is 22.7 Å². The number of rotatable bonds is 10. The summed E-state index contributed by atoms with van der Waals surface area (Å²) in [6.45, 7) is 9.02. The molecule has 0 spiro atoms. The summed E-state index contributed by atoms with van der Waals surface area (Å²) in [5, 5.41) is 8.78. The minimum Gasteiger partial charge on any atom is -0.366 e. The minimum absolute atomic E-state index is 0.295. The Morgan fingerprint density at radius 2 is 1.02 bits per heavy atom. The maximum absolute atomic E-state index is 13.5. The van der Waals surface area contributed by atoms with Gasteiger partial charge in [-0.1, -0.05) is 12.2 Å². The summed E-state index contributed by atoms with van der Waals surface area (Å²) < 4.78 is 10.4. The Morgan fingerprint density at radius 1 is 0.635 bits per heavy atom. The number of carbonyl (C=O) groups excluding carboxylic acids is 4. The normalized spacial score (nSPS) is 12.6. The predicted octanol–water partition coefficient (Wildman–Crippen LogP) is 2.26. The first-order valence-electron chi connectivity index (χ1n) is 16.7. The van der Waals surface area contributed by atoms with E-state index in [1.54, 1.807) is 81.1 Å². The molecule has 0 aliphatic rings. The molecule has 0 unspecified atom stereocenters. The fraction of sp³-hybridized carbons (Fsp3) is 0.278. The van der Waals surface area contributed by atoms with Gasteiger partial charge in [0.05, 0.1) is 33.5 Å². The molecule has 0 saturated heterocycles. The molecule has 0 atom stereocenters. The van der Waals surface area contributed by atoms with E-state index in [1.807, 2.05) is 49.0 Å². The number of nitrogens with zero attached hydrogens (tertiary/aromatic N) is 10. The second-order valence-electron chi connectivity index (χ2n) is 12.4. The molecule has 0 bridgehead atoms. The third-order valence-corrected chi connectivity index (χ3v) is 8.89. The van der Waals surface area contributed by atoms with Crippen LogP contribution >= 0.6 is 0 Å². The highest BCUT2D eigenvalue weighted by molar-refractivity contribution is 5.98. The molecular formula is C36H40N12O4. The number of fused-ring (bicyclic) bond motifs is 2. The van der Waals surface area contributed by atoms with Gasteiger partial charge in [0.25, 0.3) is 11.8 Å². The van der Waals surface area contributed by atoms with E-state index in [0.717, 1.165) is 11.0 Å². The molecule has 2 aromatic carbocycles. The number of aryl methyl sites for hydroxylation is 6. The van der Waals surface area contributed by atoms with Gasteiger partial charge in [0.1, 0.15) is 11.4 Å². The zero-order chi connectivity index (χ0) is 37.4. The van der Waals surface area contributed by atoms with E-state index in [9.17, 15) is 19.2 Å². The standard InChI is InChI=1S/C36H40N12O4/c1-7-47-29(17-21(3)41-47)33(51)39-35-43(5)27-19-23(31(37)49)11-13-25(27)45(35)15-9-10-16-46-26-14-12-24(32(38)50)20-28(26)44(6)36(46)40-34(52)30-18-22(4)42-48(30)8-2/h9-14,17-20H,7-8,15-16H2,1-6H3,(H2,37,49)(H2,38,50)/b10-9+,39-35?,40-36?. The van der Waals surface area contributed by atoms with Crippen molar-refractivity contribution in [1.29, 1.82) is 0 Å². The molecule has 0 aliphatic heterocycles. The summed E-state index contributed by atoms with van der Waals surface area (Å²) in [5.41, 5.74) is 17.4. The van der Waals surface area contributed by atoms with Crippen molar-refractivity contribution in [3.05, 3.63) is 106 Å². The molecule has 0 aliphatic carbocycles. The molecule has 0 radical (unpaired) electrons. The van der Waals surface area contributed by atoms with Crippen molar-refractivity contribution in [2.75, 3.05) is 0 Å². The Kier molecular flexibility index (Phi) is 9.47. The zero-order valence-corrected chi connectivity index (χ0v) is 29.9. The van der Waals surface area contributed by atoms with Crippen LogP contribution in [0.25, 0.3) is 22.1 Å². The summed E-state index contributed by atoms with van der Waals surface area (Å²) in [5.74, 6) is -2.07. The van der Waals surface area contributed by atoms with Crippen LogP contribution in [0.2, 0.25) is 0 Å². The molecule has 6 rings (SSSR count). The third-order valence-electron chi connectivity index (χ3n) is 8.89. The lowest BCUT2D eigenvalue weighted by molar-refractivity contribution is 0.0977. The summed E-state index contributed by atoms with van der Waals surface area (Å²) in [4.78, 5) is 60.2. The van der Waals surface area contributed by atoms with Crippen LogP contribution in [0.15, 0.2) is 70.7 Å². The highest BCUT2D eigenvalue weighted by Crippen LogP contribution is 2.18. The lowest BCUT2D eigenvalue weighted by Gasteiger charge is -2.04. The predicted molar refractivity (Wildman–Crippen MR) is 193 cm³/mol. The maximum atomic E-state index is 13.5. The molecule has 16 heteroatoms. The molecular weight excluding hydrogens is 664 g/mol. The van der Waals surface area contributed by atoms with Crippen molar-refractivity contribution in [2.45, 2.75) is 53.9 Å². The summed E-state index contributed by atoms with van der Waals surface area (Å²) in [6, 6.07) is 13.6. The van der Waals surface area contributed by atoms with Crippen LogP contribution in [0.1, 0.15) is 66.9 Å². The van der Waals surface area contributed by atoms with Crippen molar-refractivity contribution in [1.82, 2.24) is 37.8 Å². The molecule has 4 aromatic heterocycles. The topological polar surface area (TPSA) is 200 Å². The van der Waals surface area contributed by atoms with Crippen molar-refractivity contribution in [2.24, 2.45) is 35.5 Å². The maximum Gasteiger partial charge on any atom is 0.298 e. The molecule has 268 valence electrons. The molecule has 0 fully saturated rings. The smallest absolute Gasteiger partial charge is 0.298 e. The van der Waals surface area contributed by atoms with Gasteiger partial charge in [-0.3, -0.25) is 28.5 Å². The molecule has 0 saturated carbocycles. The first kappa shape index (κ1) is 35.3. The first-order valence-corrected chi connectivity index (χ1v) is 16.7. The van der Waals surface area contributed by atoms with Crippen LogP contribution in [0.5, 0.6) is 0 Å². The Bertz CT molecular complexity index is 2420. The second kappa shape index (κ2) is 14.0. The van der Waals surface area contributed by atoms with E-state index in [2.05, 4.69) is 20.2 Å². The van der Waals surface area contributed by atoms with E-state index in [1.165, 1.54) is 0 Å². The number of amides is 4. The zero-order valence-electron chi connectivity index (χ0n) is 29.9. The van der Waals surface area contributed by atoms with Gasteiger partial charge in [-0.15, -0.1) is 0 Å². The Balaban J connectivity index is 1.43. The number of carbonyl (C=O) groups is 4. The fourth-order valence-electron chi connectivity index (χ4n) is 6.34. The van der Waals surface area contributed by atoms with Crippen LogP contribution in [0.3, 0.4) is 0 Å². The van der Waals surface area contributed by atoms with Gasteiger partial charge in [0, 0.05) is 51.4 Å². The van der Waals surface area contributed by atoms with E-state index in [0.29, 0.717) is 82.4 Å². The van der Waals surface area contributed by atoms with E-state index in [-0.39, 0.29) is 0 Å². The highest BCUT2D eigenvalue weighted by atomic mass is 16.2. The van der Waals surface area contributed by atoms with Crippen molar-refractivity contribution >= 4 is 45.7 Å². The van der Waals surface area contributed by atoms with Crippen molar-refractivity contribution in [3.8, 4) is 0 Å². The Morgan fingerprint density at radius 3 is 1.37 bits per heavy atom. The molecule has 16 nitrogen and oxygen atoms in total. The molecule has 4 amide bonds. The summed E-state index contributed by atoms with van der Waals surface area (Å²) >= 11 is 0. The average Bonchev–Trinajstić information content (AvgIpc) is 3.84. The third kappa shape index (κ3) is 6.41. The van der Waals surface area contributed by atoms with Gasteiger partial charge in [0.2, 0.25) is 23.1 Å². The fourth-order valence-corrected chi connectivity index (χ4v) is 6.34. The Hall–Kier alpha value is -6.58. The SMILES string of the molecule is CCn1nc(C)cc1C(=O)N=c1n(C)c2cc(C(N)=O)ccc2n1C/C=C/Cn1c(=NC(=O)c2cc(C)nn2CC)n(C)c2cc(C(N)=O)ccc21. The van der Waals surface area contributed by atoms with Crippen molar-refractivity contribution < 1.29 is 19.2 Å². The van der Waals surface area contributed by atoms with Crippen LogP contribution in [-0.2, 0) is 40.3 Å². The molecule has 52 heavy (non-hydrogen) atoms. The van der Waals surface area contributed by atoms with E-state index in [4.69, 9.17) is 11.5 Å². The second-order valence-corrected chi connectivity index (χ2v) is 12.4. The van der Waals surface area contributed by atoms with Gasteiger partial charge in [-0.2, -0.15) is 20.2 Å². The summed E-state index contributed by atoms with van der Waals surface area (Å²) in [6.07, 6.45) is 3.83. The number of allylic oxidation sites excluding steroid dienone is 2. The lowest BCUT2D eigenvalue weighted by Crippen LogP contribution is -2.27. The number of aromatic nitrogens is 8. The highest BCUT2D eigenvalue weighted by Gasteiger charge is 2.18. The molecule has 4 N–H and O–H groups in total. The quantitative estimate of drug-likeness (QED) is 0.205. The molecule has 4 heterocycles. The number of hydrogen-bond acceptors (Lipinski definition) is 6. The minimum atomic E-state index is -0.574. The average molecular weight is 705 g/mol. The number of imidazole rings is 2. The first-order chi connectivity index (χ1) is 24.8. The number of nitrogens with two attached hydrogens (primary N) is 2. The largest absolute Gasteiger partial charge is 0.366 e. The van der Waals surface area contributed by atoms with E-state index < -0.39 is 23.6 Å². The Labute approximate surface area is 297 Å². The van der Waals surface area contributed by atoms with Crippen molar-refractivity contribution in [3.63, 3.8) is 0 Å². The van der Waals surface area contributed by atoms with Gasteiger partial charge in [-0.25, -0.2) is 0 Å². The number of primary amides is 2. The van der Waals surface area contributed by atoms with Gasteiger partial charge < -0.3 is 29.7 Å². The summed E-state index contributed by atoms with van der Waals surface area (Å²) in [7, 11) is 3.54. The lowest BCUT2D eigenvalue weighted by atomic mass is 10.2.